The molecule has 0 aliphatic heterocycles. The number of aromatic nitrogens is 3. The van der Waals surface area contributed by atoms with Crippen LogP contribution in [-0.2, 0) is 6.54 Å². The Hall–Kier alpha value is -2.21. The molecule has 0 radical (unpaired) electrons. The Morgan fingerprint density at radius 1 is 0.917 bits per heavy atom. The molecule has 0 spiro atoms. The number of nitrogens with one attached hydrogen (secondary N) is 1. The molecule has 0 amide bonds. The van der Waals surface area contributed by atoms with Gasteiger partial charge in [0.1, 0.15) is 5.82 Å². The van der Waals surface area contributed by atoms with Gasteiger partial charge in [0.05, 0.1) is 6.54 Å². The molecule has 0 unspecified atom stereocenters. The third-order valence-corrected chi connectivity index (χ3v) is 4.34. The molecular weight excluding hydrogens is 300 g/mol. The van der Waals surface area contributed by atoms with Gasteiger partial charge in [-0.05, 0) is 29.4 Å². The Morgan fingerprint density at radius 2 is 1.46 bits per heavy atom. The molecule has 0 fully saturated rings. The maximum Gasteiger partial charge on any atom is 0.225 e. The Bertz CT molecular complexity index is 633. The fraction of sp³-hybridized carbons (Fsp3) is 0.500. The summed E-state index contributed by atoms with van der Waals surface area (Å²) in [7, 11) is 0. The third kappa shape index (κ3) is 4.64. The summed E-state index contributed by atoms with van der Waals surface area (Å²) in [6.45, 7) is 9.34. The zero-order valence-electron chi connectivity index (χ0n) is 15.0. The van der Waals surface area contributed by atoms with E-state index in [1.165, 1.54) is 11.1 Å². The Labute approximate surface area is 144 Å². The van der Waals surface area contributed by atoms with Crippen molar-refractivity contribution in [2.75, 3.05) is 11.5 Å². The maximum absolute atomic E-state index is 5.62. The second-order valence-electron chi connectivity index (χ2n) is 6.55. The van der Waals surface area contributed by atoms with E-state index >= 15 is 0 Å². The molecule has 1 aromatic carbocycles. The smallest absolute Gasteiger partial charge is 0.225 e. The van der Waals surface area contributed by atoms with Crippen molar-refractivity contribution < 1.29 is 0 Å². The van der Waals surface area contributed by atoms with E-state index in [1.807, 2.05) is 0 Å². The molecular formula is C18H28N6. The van der Waals surface area contributed by atoms with Crippen LogP contribution in [0, 0.1) is 5.92 Å². The number of hydrogen-bond acceptors (Lipinski definition) is 6. The van der Waals surface area contributed by atoms with Crippen molar-refractivity contribution in [3.8, 4) is 0 Å². The fourth-order valence-corrected chi connectivity index (χ4v) is 2.74. The number of rotatable bonds is 7. The summed E-state index contributed by atoms with van der Waals surface area (Å²) in [5.41, 5.74) is 13.9. The maximum atomic E-state index is 5.62. The SMILES string of the molecule is CC[C@@H](C)c1ccc([C@@H](NCc2nc(N)nc(N)n2)C(C)C)cc1. The number of nitrogen functional groups attached to an aromatic ring is 2. The highest BCUT2D eigenvalue weighted by Gasteiger charge is 2.16. The molecule has 6 heteroatoms. The largest absolute Gasteiger partial charge is 0.368 e. The van der Waals surface area contributed by atoms with Crippen LogP contribution in [0.5, 0.6) is 0 Å². The quantitative estimate of drug-likeness (QED) is 0.722. The van der Waals surface area contributed by atoms with Gasteiger partial charge >= 0.3 is 0 Å². The van der Waals surface area contributed by atoms with Crippen molar-refractivity contribution in [2.45, 2.75) is 52.6 Å². The van der Waals surface area contributed by atoms with Crippen molar-refractivity contribution in [1.82, 2.24) is 20.3 Å². The first kappa shape index (κ1) is 18.1. The molecule has 0 aliphatic carbocycles. The van der Waals surface area contributed by atoms with E-state index in [0.29, 0.717) is 24.2 Å². The van der Waals surface area contributed by atoms with Crippen LogP contribution in [0.4, 0.5) is 11.9 Å². The lowest BCUT2D eigenvalue weighted by Gasteiger charge is -2.23. The molecule has 2 aromatic rings. The Kier molecular flexibility index (Phi) is 6.09. The summed E-state index contributed by atoms with van der Waals surface area (Å²) in [6.07, 6.45) is 1.15. The molecule has 130 valence electrons. The lowest BCUT2D eigenvalue weighted by atomic mass is 9.92. The van der Waals surface area contributed by atoms with Crippen molar-refractivity contribution >= 4 is 11.9 Å². The number of benzene rings is 1. The van der Waals surface area contributed by atoms with E-state index in [-0.39, 0.29) is 17.9 Å². The average Bonchev–Trinajstić information content (AvgIpc) is 2.53. The van der Waals surface area contributed by atoms with E-state index < -0.39 is 0 Å². The van der Waals surface area contributed by atoms with E-state index in [9.17, 15) is 0 Å². The molecule has 6 nitrogen and oxygen atoms in total. The third-order valence-electron chi connectivity index (χ3n) is 4.34. The molecule has 2 rings (SSSR count). The topological polar surface area (TPSA) is 103 Å². The number of anilines is 2. The van der Waals surface area contributed by atoms with Gasteiger partial charge in [-0.15, -0.1) is 0 Å². The van der Waals surface area contributed by atoms with Crippen LogP contribution in [-0.4, -0.2) is 15.0 Å². The first-order valence-corrected chi connectivity index (χ1v) is 8.49. The van der Waals surface area contributed by atoms with Gasteiger partial charge in [-0.1, -0.05) is 52.0 Å². The summed E-state index contributed by atoms with van der Waals surface area (Å²) >= 11 is 0. The van der Waals surface area contributed by atoms with Crippen LogP contribution in [0.15, 0.2) is 24.3 Å². The zero-order chi connectivity index (χ0) is 17.7. The van der Waals surface area contributed by atoms with Gasteiger partial charge in [-0.3, -0.25) is 0 Å². The molecule has 24 heavy (non-hydrogen) atoms. The molecule has 2 atom stereocenters. The minimum absolute atomic E-state index is 0.151. The van der Waals surface area contributed by atoms with Crippen molar-refractivity contribution in [3.05, 3.63) is 41.2 Å². The van der Waals surface area contributed by atoms with Crippen LogP contribution in [0.3, 0.4) is 0 Å². The zero-order valence-corrected chi connectivity index (χ0v) is 15.0. The molecule has 0 saturated carbocycles. The van der Waals surface area contributed by atoms with Crippen molar-refractivity contribution in [3.63, 3.8) is 0 Å². The van der Waals surface area contributed by atoms with Gasteiger partial charge in [0.25, 0.3) is 0 Å². The van der Waals surface area contributed by atoms with Crippen LogP contribution >= 0.6 is 0 Å². The Balaban J connectivity index is 2.11. The van der Waals surface area contributed by atoms with Gasteiger partial charge in [-0.25, -0.2) is 0 Å². The van der Waals surface area contributed by atoms with Gasteiger partial charge in [0, 0.05) is 6.04 Å². The van der Waals surface area contributed by atoms with Crippen LogP contribution in [0.1, 0.15) is 63.0 Å². The summed E-state index contributed by atoms with van der Waals surface area (Å²) < 4.78 is 0. The monoisotopic (exact) mass is 328 g/mol. The number of nitrogens with two attached hydrogens (primary N) is 2. The summed E-state index contributed by atoms with van der Waals surface area (Å²) in [6, 6.07) is 9.05. The summed E-state index contributed by atoms with van der Waals surface area (Å²) in [5, 5.41) is 3.50. The minimum atomic E-state index is 0.151. The van der Waals surface area contributed by atoms with Gasteiger partial charge in [0.15, 0.2) is 0 Å². The predicted octanol–water partition coefficient (Wildman–Crippen LogP) is 3.04. The molecule has 1 aromatic heterocycles. The highest BCUT2D eigenvalue weighted by Crippen LogP contribution is 2.25. The van der Waals surface area contributed by atoms with E-state index in [1.54, 1.807) is 0 Å². The van der Waals surface area contributed by atoms with Crippen molar-refractivity contribution in [2.24, 2.45) is 5.92 Å². The normalized spacial score (nSPS) is 13.9. The standard InChI is InChI=1S/C18H28N6/c1-5-12(4)13-6-8-14(9-7-13)16(11(2)3)21-10-15-22-17(19)24-18(20)23-15/h6-9,11-12,16,21H,5,10H2,1-4H3,(H4,19,20,22,23,24)/t12-,16+/m1/s1. The van der Waals surface area contributed by atoms with E-state index in [4.69, 9.17) is 11.5 Å². The fourth-order valence-electron chi connectivity index (χ4n) is 2.74. The molecule has 1 heterocycles. The highest BCUT2D eigenvalue weighted by atomic mass is 15.2. The summed E-state index contributed by atoms with van der Waals surface area (Å²) in [5.74, 6) is 1.87. The lowest BCUT2D eigenvalue weighted by Crippen LogP contribution is -2.26. The van der Waals surface area contributed by atoms with Gasteiger partial charge in [-0.2, -0.15) is 15.0 Å². The van der Waals surface area contributed by atoms with Crippen LogP contribution in [0.2, 0.25) is 0 Å². The average molecular weight is 328 g/mol. The van der Waals surface area contributed by atoms with Crippen molar-refractivity contribution in [1.29, 1.82) is 0 Å². The molecule has 0 saturated heterocycles. The molecule has 5 N–H and O–H groups in total. The summed E-state index contributed by atoms with van der Waals surface area (Å²) in [4.78, 5) is 12.0. The first-order valence-electron chi connectivity index (χ1n) is 8.49. The second-order valence-corrected chi connectivity index (χ2v) is 6.55. The van der Waals surface area contributed by atoms with Gasteiger partial charge in [0.2, 0.25) is 11.9 Å². The van der Waals surface area contributed by atoms with E-state index in [0.717, 1.165) is 6.42 Å². The highest BCUT2D eigenvalue weighted by molar-refractivity contribution is 5.28. The molecule has 0 bridgehead atoms. The van der Waals surface area contributed by atoms with Crippen LogP contribution in [0.25, 0.3) is 0 Å². The lowest BCUT2D eigenvalue weighted by molar-refractivity contribution is 0.405. The number of nitrogens with zero attached hydrogens (tertiary/aromatic N) is 3. The van der Waals surface area contributed by atoms with Crippen LogP contribution < -0.4 is 16.8 Å². The number of hydrogen-bond donors (Lipinski definition) is 3. The minimum Gasteiger partial charge on any atom is -0.368 e. The second kappa shape index (κ2) is 8.06. The van der Waals surface area contributed by atoms with E-state index in [2.05, 4.69) is 72.2 Å². The predicted molar refractivity (Wildman–Crippen MR) is 98.2 cm³/mol. The Morgan fingerprint density at radius 3 is 1.96 bits per heavy atom. The van der Waals surface area contributed by atoms with Gasteiger partial charge < -0.3 is 16.8 Å². The first-order chi connectivity index (χ1) is 11.4. The molecule has 0 aliphatic rings.